The number of amides is 1. The van der Waals surface area contributed by atoms with Gasteiger partial charge in [0.1, 0.15) is 0 Å². The minimum atomic E-state index is -4.67. The second-order valence-electron chi connectivity index (χ2n) is 3.89. The van der Waals surface area contributed by atoms with Crippen molar-refractivity contribution in [2.24, 2.45) is 17.2 Å². The Bertz CT molecular complexity index is 543. The summed E-state index contributed by atoms with van der Waals surface area (Å²) < 4.78 is 31.6. The molecule has 23 heavy (non-hydrogen) atoms. The number of pyridine rings is 1. The Morgan fingerprint density at radius 1 is 1.30 bits per heavy atom. The molecule has 0 unspecified atom stereocenters. The van der Waals surface area contributed by atoms with Crippen LogP contribution in [0.5, 0.6) is 0 Å². The lowest BCUT2D eigenvalue weighted by Crippen LogP contribution is -2.31. The predicted molar refractivity (Wildman–Crippen MR) is 85.1 cm³/mol. The van der Waals surface area contributed by atoms with Gasteiger partial charge in [0, 0.05) is 18.9 Å². The van der Waals surface area contributed by atoms with Crippen LogP contribution in [0.25, 0.3) is 0 Å². The lowest BCUT2D eigenvalue weighted by atomic mass is 10.3. The van der Waals surface area contributed by atoms with Gasteiger partial charge in [-0.05, 0) is 31.5 Å². The third kappa shape index (κ3) is 25.1. The lowest BCUT2D eigenvalue weighted by Gasteiger charge is -2.00. The zero-order valence-corrected chi connectivity index (χ0v) is 13.2. The smallest absolute Gasteiger partial charge is 0.370 e. The maximum absolute atomic E-state index is 10.4. The number of carbonyl (C=O) groups excluding carboxylic acids is 1. The van der Waals surface area contributed by atoms with E-state index in [4.69, 9.17) is 40.1 Å². The summed E-state index contributed by atoms with van der Waals surface area (Å²) in [6, 6.07) is 3.29. The van der Waals surface area contributed by atoms with Gasteiger partial charge in [0.25, 0.3) is 0 Å². The molecule has 11 nitrogen and oxygen atoms in total. The molecule has 0 atom stereocenters. The first kappa shape index (κ1) is 23.0. The number of primary amides is 1. The normalized spacial score (nSPS) is 9.52. The van der Waals surface area contributed by atoms with Crippen LogP contribution in [0.4, 0.5) is 0 Å². The maximum Gasteiger partial charge on any atom is 0.394 e. The molecular weight excluding hydrogens is 328 g/mol. The van der Waals surface area contributed by atoms with Crippen LogP contribution in [0, 0.1) is 5.41 Å². The van der Waals surface area contributed by atoms with Crippen molar-refractivity contribution in [2.75, 3.05) is 13.1 Å². The molecular formula is C11H22N6O5S. The standard InChI is InChI=1S/C6H6N2O.C5H14N4.H2O4S/c7-6(9)5-2-1-3-8-4-5;6-3-1-2-4-9-5(7)8;1-5(2,3)4/h1-4H,(H2,7,9);1-4,6H2,(H4,7,8,9);(H2,1,2,3,4). The number of hydrogen-bond acceptors (Lipinski definition) is 6. The van der Waals surface area contributed by atoms with Gasteiger partial charge < -0.3 is 22.5 Å². The molecule has 132 valence electrons. The molecule has 0 fully saturated rings. The van der Waals surface area contributed by atoms with Gasteiger partial charge in [0.15, 0.2) is 5.96 Å². The van der Waals surface area contributed by atoms with Crippen molar-refractivity contribution in [1.29, 1.82) is 5.41 Å². The molecule has 1 aromatic heterocycles. The van der Waals surface area contributed by atoms with Crippen LogP contribution in [0.1, 0.15) is 23.2 Å². The molecule has 1 amide bonds. The Balaban J connectivity index is 0. The van der Waals surface area contributed by atoms with Crippen molar-refractivity contribution >= 4 is 22.3 Å². The van der Waals surface area contributed by atoms with E-state index in [0.717, 1.165) is 19.4 Å². The highest BCUT2D eigenvalue weighted by atomic mass is 32.3. The molecule has 1 heterocycles. The first-order valence-corrected chi connectivity index (χ1v) is 7.65. The summed E-state index contributed by atoms with van der Waals surface area (Å²) in [4.78, 5) is 14.1. The minimum absolute atomic E-state index is 0.0343. The van der Waals surface area contributed by atoms with Gasteiger partial charge in [-0.3, -0.25) is 24.3 Å². The number of guanidine groups is 1. The van der Waals surface area contributed by atoms with Crippen LogP contribution in [0.2, 0.25) is 0 Å². The topological polar surface area (TPSA) is 218 Å². The monoisotopic (exact) mass is 350 g/mol. The average molecular weight is 350 g/mol. The van der Waals surface area contributed by atoms with E-state index < -0.39 is 16.3 Å². The molecule has 0 bridgehead atoms. The van der Waals surface area contributed by atoms with Crippen LogP contribution in [-0.4, -0.2) is 47.5 Å². The number of hydrogen-bond donors (Lipinski definition) is 7. The van der Waals surface area contributed by atoms with E-state index in [1.807, 2.05) is 0 Å². The average Bonchev–Trinajstić information content (AvgIpc) is 2.43. The van der Waals surface area contributed by atoms with Crippen molar-refractivity contribution in [3.8, 4) is 0 Å². The molecule has 0 spiro atoms. The highest BCUT2D eigenvalue weighted by molar-refractivity contribution is 7.79. The van der Waals surface area contributed by atoms with Crippen LogP contribution >= 0.6 is 0 Å². The summed E-state index contributed by atoms with van der Waals surface area (Å²) in [5.74, 6) is -0.407. The zero-order chi connectivity index (χ0) is 18.3. The van der Waals surface area contributed by atoms with Crippen molar-refractivity contribution in [2.45, 2.75) is 12.8 Å². The van der Waals surface area contributed by atoms with Crippen LogP contribution in [-0.2, 0) is 10.4 Å². The molecule has 0 saturated heterocycles. The molecule has 1 rings (SSSR count). The fourth-order valence-electron chi connectivity index (χ4n) is 1.00. The van der Waals surface area contributed by atoms with Gasteiger partial charge in [-0.15, -0.1) is 0 Å². The zero-order valence-electron chi connectivity index (χ0n) is 12.3. The Morgan fingerprint density at radius 2 is 1.87 bits per heavy atom. The van der Waals surface area contributed by atoms with Crippen LogP contribution in [0.15, 0.2) is 24.5 Å². The van der Waals surface area contributed by atoms with E-state index in [9.17, 15) is 4.79 Å². The molecule has 1 aromatic rings. The molecule has 0 aliphatic carbocycles. The molecule has 0 aliphatic rings. The number of rotatable bonds is 5. The lowest BCUT2D eigenvalue weighted by molar-refractivity contribution is 0.1000. The molecule has 10 N–H and O–H groups in total. The Morgan fingerprint density at radius 3 is 2.17 bits per heavy atom. The number of nitrogens with one attached hydrogen (secondary N) is 2. The summed E-state index contributed by atoms with van der Waals surface area (Å²) in [5.41, 5.74) is 15.6. The van der Waals surface area contributed by atoms with E-state index in [1.165, 1.54) is 6.20 Å². The highest BCUT2D eigenvalue weighted by Crippen LogP contribution is 1.91. The fraction of sp³-hybridized carbons (Fsp3) is 0.364. The first-order chi connectivity index (χ1) is 10.6. The van der Waals surface area contributed by atoms with Crippen molar-refractivity contribution < 1.29 is 22.3 Å². The minimum Gasteiger partial charge on any atom is -0.370 e. The van der Waals surface area contributed by atoms with Gasteiger partial charge in [0.05, 0.1) is 5.56 Å². The Kier molecular flexibility index (Phi) is 13.4. The summed E-state index contributed by atoms with van der Waals surface area (Å²) >= 11 is 0. The maximum atomic E-state index is 10.4. The third-order valence-electron chi connectivity index (χ3n) is 1.89. The molecule has 0 aliphatic heterocycles. The van der Waals surface area contributed by atoms with Crippen molar-refractivity contribution in [3.05, 3.63) is 30.1 Å². The van der Waals surface area contributed by atoms with E-state index >= 15 is 0 Å². The van der Waals surface area contributed by atoms with Crippen molar-refractivity contribution in [1.82, 2.24) is 10.3 Å². The number of nitrogens with two attached hydrogens (primary N) is 3. The number of unbranched alkanes of at least 4 members (excludes halogenated alkanes) is 1. The number of aromatic nitrogens is 1. The van der Waals surface area contributed by atoms with Gasteiger partial charge >= 0.3 is 10.4 Å². The van der Waals surface area contributed by atoms with Gasteiger partial charge in [0.2, 0.25) is 5.91 Å². The molecule has 0 aromatic carbocycles. The number of nitrogens with zero attached hydrogens (tertiary/aromatic N) is 1. The van der Waals surface area contributed by atoms with Crippen molar-refractivity contribution in [3.63, 3.8) is 0 Å². The summed E-state index contributed by atoms with van der Waals surface area (Å²) in [6.07, 6.45) is 4.99. The van der Waals surface area contributed by atoms with E-state index in [2.05, 4.69) is 10.3 Å². The van der Waals surface area contributed by atoms with Gasteiger partial charge in [-0.1, -0.05) is 0 Å². The van der Waals surface area contributed by atoms with Crippen LogP contribution in [0.3, 0.4) is 0 Å². The quantitative estimate of drug-likeness (QED) is 0.145. The van der Waals surface area contributed by atoms with Crippen LogP contribution < -0.4 is 22.5 Å². The van der Waals surface area contributed by atoms with E-state index in [1.54, 1.807) is 18.3 Å². The first-order valence-electron chi connectivity index (χ1n) is 6.25. The molecule has 0 saturated carbocycles. The Labute approximate surface area is 134 Å². The van der Waals surface area contributed by atoms with E-state index in [-0.39, 0.29) is 5.96 Å². The SMILES string of the molecule is N=C(N)NCCCCN.NC(=O)c1cccnc1.O=S(=O)(O)O. The fourth-order valence-corrected chi connectivity index (χ4v) is 1.00. The van der Waals surface area contributed by atoms with E-state index in [0.29, 0.717) is 12.1 Å². The van der Waals surface area contributed by atoms with Gasteiger partial charge in [-0.25, -0.2) is 0 Å². The largest absolute Gasteiger partial charge is 0.394 e. The second-order valence-corrected chi connectivity index (χ2v) is 4.79. The summed E-state index contributed by atoms with van der Waals surface area (Å²) in [7, 11) is -4.67. The molecule has 12 heteroatoms. The summed E-state index contributed by atoms with van der Waals surface area (Å²) in [6.45, 7) is 1.46. The molecule has 0 radical (unpaired) electrons. The summed E-state index contributed by atoms with van der Waals surface area (Å²) in [5, 5.41) is 9.45. The number of carbonyl (C=O) groups is 1. The second kappa shape index (κ2) is 13.4. The third-order valence-corrected chi connectivity index (χ3v) is 1.89. The Hall–Kier alpha value is -2.28. The van der Waals surface area contributed by atoms with Gasteiger partial charge in [-0.2, -0.15) is 8.42 Å². The highest BCUT2D eigenvalue weighted by Gasteiger charge is 1.94. The predicted octanol–water partition coefficient (Wildman–Crippen LogP) is -1.26.